The van der Waals surface area contributed by atoms with Gasteiger partial charge in [-0.05, 0) is 6.42 Å². The van der Waals surface area contributed by atoms with Gasteiger partial charge >= 0.3 is 6.41 Å². The first-order chi connectivity index (χ1) is 5.83. The molecule has 0 saturated carbocycles. The van der Waals surface area contributed by atoms with Gasteiger partial charge in [-0.15, -0.1) is 0 Å². The van der Waals surface area contributed by atoms with Gasteiger partial charge < -0.3 is 15.5 Å². The van der Waals surface area contributed by atoms with Crippen LogP contribution in [-0.4, -0.2) is 17.9 Å². The van der Waals surface area contributed by atoms with E-state index in [1.165, 1.54) is 6.20 Å². The van der Waals surface area contributed by atoms with Crippen molar-refractivity contribution in [2.24, 2.45) is 0 Å². The van der Waals surface area contributed by atoms with Crippen molar-refractivity contribution in [1.29, 1.82) is 0 Å². The highest BCUT2D eigenvalue weighted by Gasteiger charge is 1.99. The summed E-state index contributed by atoms with van der Waals surface area (Å²) in [6.07, 6.45) is 4.50. The number of oxazole rings is 1. The summed E-state index contributed by atoms with van der Waals surface area (Å²) in [7, 11) is 0. The van der Waals surface area contributed by atoms with Gasteiger partial charge in [0.15, 0.2) is 5.89 Å². The van der Waals surface area contributed by atoms with Crippen LogP contribution in [-0.2, 0) is 11.2 Å². The van der Waals surface area contributed by atoms with E-state index in [0.29, 0.717) is 24.7 Å². The summed E-state index contributed by atoms with van der Waals surface area (Å²) in [5.74, 6) is 0.917. The molecule has 1 heterocycles. The largest absolute Gasteiger partial charge is 0.426 e. The first-order valence-corrected chi connectivity index (χ1v) is 3.63. The molecule has 3 N–H and O–H groups in total. The maximum Gasteiger partial charge on any atom is 0.309 e. The van der Waals surface area contributed by atoms with Gasteiger partial charge in [0.1, 0.15) is 0 Å². The van der Waals surface area contributed by atoms with E-state index >= 15 is 0 Å². The minimum atomic E-state index is 0.319. The second kappa shape index (κ2) is 4.38. The zero-order chi connectivity index (χ0) is 8.81. The lowest BCUT2D eigenvalue weighted by Gasteiger charge is -1.94. The molecule has 0 spiro atoms. The molecule has 1 amide bonds. The topological polar surface area (TPSA) is 81.1 Å². The Morgan fingerprint density at radius 3 is 3.17 bits per heavy atom. The van der Waals surface area contributed by atoms with Crippen molar-refractivity contribution < 1.29 is 9.21 Å². The van der Waals surface area contributed by atoms with Crippen LogP contribution in [0.2, 0.25) is 0 Å². The van der Waals surface area contributed by atoms with Crippen LogP contribution >= 0.6 is 0 Å². The summed E-state index contributed by atoms with van der Waals surface area (Å²) in [6.45, 7) is 0.575. The molecule has 12 heavy (non-hydrogen) atoms. The average Bonchev–Trinajstić information content (AvgIpc) is 2.45. The minimum absolute atomic E-state index is 0.319. The number of nitrogen functional groups attached to an aromatic ring is 1. The van der Waals surface area contributed by atoms with Gasteiger partial charge in [0.25, 0.3) is 0 Å². The highest BCUT2D eigenvalue weighted by Crippen LogP contribution is 2.05. The normalized spacial score (nSPS) is 9.67. The molecule has 0 aliphatic rings. The Bertz CT molecular complexity index is 247. The number of rotatable bonds is 5. The average molecular weight is 168 g/mol. The number of nitrogens with two attached hydrogens (primary N) is 1. The van der Waals surface area contributed by atoms with E-state index < -0.39 is 0 Å². The summed E-state index contributed by atoms with van der Waals surface area (Å²) in [5.41, 5.74) is 5.30. The summed E-state index contributed by atoms with van der Waals surface area (Å²) in [5, 5.41) is 2.42. The molecule has 1 radical (unpaired) electrons. The van der Waals surface area contributed by atoms with E-state index in [2.05, 4.69) is 10.3 Å². The molecule has 1 rings (SSSR count). The van der Waals surface area contributed by atoms with Crippen molar-refractivity contribution in [3.05, 3.63) is 12.1 Å². The number of nitrogens with one attached hydrogen (secondary N) is 1. The van der Waals surface area contributed by atoms with E-state index in [4.69, 9.17) is 10.2 Å². The summed E-state index contributed by atoms with van der Waals surface area (Å²) in [4.78, 5) is 13.6. The number of anilines is 1. The SMILES string of the molecule is Nc1cnc(CCCN[C]=O)o1. The van der Waals surface area contributed by atoms with Crippen LogP contribution in [0.3, 0.4) is 0 Å². The summed E-state index contributed by atoms with van der Waals surface area (Å²) < 4.78 is 5.00. The van der Waals surface area contributed by atoms with Gasteiger partial charge in [-0.25, -0.2) is 4.98 Å². The van der Waals surface area contributed by atoms with Crippen LogP contribution in [0.1, 0.15) is 12.3 Å². The molecular weight excluding hydrogens is 158 g/mol. The van der Waals surface area contributed by atoms with Crippen LogP contribution < -0.4 is 11.1 Å². The molecule has 5 nitrogen and oxygen atoms in total. The van der Waals surface area contributed by atoms with Crippen LogP contribution in [0.15, 0.2) is 10.6 Å². The smallest absolute Gasteiger partial charge is 0.309 e. The zero-order valence-electron chi connectivity index (χ0n) is 6.54. The molecule has 0 aliphatic heterocycles. The number of carbonyl (C=O) groups excluding carboxylic acids is 1. The second-order valence-corrected chi connectivity index (χ2v) is 2.29. The maximum absolute atomic E-state index is 9.73. The Hall–Kier alpha value is -1.52. The third kappa shape index (κ3) is 2.61. The Labute approximate surface area is 70.0 Å². The maximum atomic E-state index is 9.73. The third-order valence-electron chi connectivity index (χ3n) is 1.34. The van der Waals surface area contributed by atoms with E-state index in [9.17, 15) is 4.79 Å². The summed E-state index contributed by atoms with van der Waals surface area (Å²) >= 11 is 0. The number of amides is 1. The fraction of sp³-hybridized carbons (Fsp3) is 0.429. The van der Waals surface area contributed by atoms with Crippen LogP contribution in [0.5, 0.6) is 0 Å². The van der Waals surface area contributed by atoms with Gasteiger partial charge in [-0.2, -0.15) is 0 Å². The van der Waals surface area contributed by atoms with E-state index in [1.807, 2.05) is 0 Å². The van der Waals surface area contributed by atoms with E-state index in [0.717, 1.165) is 6.42 Å². The monoisotopic (exact) mass is 168 g/mol. The fourth-order valence-electron chi connectivity index (χ4n) is 0.819. The van der Waals surface area contributed by atoms with Gasteiger partial charge in [0.2, 0.25) is 5.88 Å². The van der Waals surface area contributed by atoms with Crippen molar-refractivity contribution in [1.82, 2.24) is 10.3 Å². The lowest BCUT2D eigenvalue weighted by molar-refractivity contribution is 0.497. The minimum Gasteiger partial charge on any atom is -0.426 e. The van der Waals surface area contributed by atoms with E-state index in [-0.39, 0.29) is 0 Å². The van der Waals surface area contributed by atoms with Crippen molar-refractivity contribution in [2.45, 2.75) is 12.8 Å². The van der Waals surface area contributed by atoms with Gasteiger partial charge in [-0.1, -0.05) is 0 Å². The first-order valence-electron chi connectivity index (χ1n) is 3.63. The van der Waals surface area contributed by atoms with Crippen molar-refractivity contribution >= 4 is 12.3 Å². The number of hydrogen-bond donors (Lipinski definition) is 2. The molecular formula is C7H10N3O2. The molecule has 1 aromatic heterocycles. The highest BCUT2D eigenvalue weighted by atomic mass is 16.4. The summed E-state index contributed by atoms with van der Waals surface area (Å²) in [6, 6.07) is 0. The number of hydrogen-bond acceptors (Lipinski definition) is 4. The predicted molar refractivity (Wildman–Crippen MR) is 42.9 cm³/mol. The fourth-order valence-corrected chi connectivity index (χ4v) is 0.819. The number of aryl methyl sites for hydroxylation is 1. The lowest BCUT2D eigenvalue weighted by Crippen LogP contribution is -2.12. The molecule has 65 valence electrons. The Morgan fingerprint density at radius 2 is 2.58 bits per heavy atom. The molecule has 0 saturated heterocycles. The number of aromatic nitrogens is 1. The van der Waals surface area contributed by atoms with Crippen molar-refractivity contribution in [2.75, 3.05) is 12.3 Å². The van der Waals surface area contributed by atoms with Gasteiger partial charge in [-0.3, -0.25) is 4.79 Å². The van der Waals surface area contributed by atoms with Crippen LogP contribution in [0.4, 0.5) is 5.88 Å². The Morgan fingerprint density at radius 1 is 1.75 bits per heavy atom. The third-order valence-corrected chi connectivity index (χ3v) is 1.34. The second-order valence-electron chi connectivity index (χ2n) is 2.29. The van der Waals surface area contributed by atoms with Crippen LogP contribution in [0.25, 0.3) is 0 Å². The highest BCUT2D eigenvalue weighted by molar-refractivity contribution is 5.46. The van der Waals surface area contributed by atoms with Crippen molar-refractivity contribution in [3.63, 3.8) is 0 Å². The molecule has 5 heteroatoms. The molecule has 0 fully saturated rings. The standard InChI is InChI=1S/C7H10N3O2/c8-6-4-10-7(12-6)2-1-3-9-5-11/h4H,1-3,8H2,(H,9,11). The molecule has 0 aliphatic carbocycles. The Balaban J connectivity index is 2.19. The molecule has 1 aromatic rings. The molecule has 0 bridgehead atoms. The predicted octanol–water partition coefficient (Wildman–Crippen LogP) is -0.154. The number of nitrogens with zero attached hydrogens (tertiary/aromatic N) is 1. The van der Waals surface area contributed by atoms with Gasteiger partial charge in [0.05, 0.1) is 6.20 Å². The lowest BCUT2D eigenvalue weighted by atomic mass is 10.3. The Kier molecular flexibility index (Phi) is 3.13. The van der Waals surface area contributed by atoms with Crippen LogP contribution in [0, 0.1) is 0 Å². The zero-order valence-corrected chi connectivity index (χ0v) is 6.54. The molecule has 0 atom stereocenters. The van der Waals surface area contributed by atoms with Crippen molar-refractivity contribution in [3.8, 4) is 0 Å². The molecule has 0 aromatic carbocycles. The molecule has 0 unspecified atom stereocenters. The van der Waals surface area contributed by atoms with E-state index in [1.54, 1.807) is 6.41 Å². The first kappa shape index (κ1) is 8.58. The quantitative estimate of drug-likeness (QED) is 0.473. The van der Waals surface area contributed by atoms with Gasteiger partial charge in [0, 0.05) is 13.0 Å².